The van der Waals surface area contributed by atoms with Crippen molar-refractivity contribution in [1.29, 1.82) is 0 Å². The Morgan fingerprint density at radius 1 is 1.00 bits per heavy atom. The molecule has 0 amide bonds. The van der Waals surface area contributed by atoms with E-state index in [-0.39, 0.29) is 0 Å². The van der Waals surface area contributed by atoms with Gasteiger partial charge in [0.2, 0.25) is 0 Å². The van der Waals surface area contributed by atoms with E-state index >= 15 is 0 Å². The molecule has 0 saturated carbocycles. The van der Waals surface area contributed by atoms with Gasteiger partial charge in [-0.25, -0.2) is 0 Å². The summed E-state index contributed by atoms with van der Waals surface area (Å²) in [5.41, 5.74) is 1.47. The molecule has 84 valence electrons. The van der Waals surface area contributed by atoms with E-state index < -0.39 is 0 Å². The first-order valence-electron chi connectivity index (χ1n) is 6.05. The highest BCUT2D eigenvalue weighted by atomic mass is 15.1. The second kappa shape index (κ2) is 7.47. The van der Waals surface area contributed by atoms with E-state index in [1.165, 1.54) is 44.3 Å². The molecule has 0 radical (unpaired) electrons. The minimum Gasteiger partial charge on any atom is -0.306 e. The van der Waals surface area contributed by atoms with Crippen LogP contribution in [0.15, 0.2) is 30.3 Å². The summed E-state index contributed by atoms with van der Waals surface area (Å²) < 4.78 is 0. The molecule has 0 aliphatic carbocycles. The van der Waals surface area contributed by atoms with Crippen molar-refractivity contribution in [2.24, 2.45) is 0 Å². The van der Waals surface area contributed by atoms with Crippen molar-refractivity contribution in [2.45, 2.75) is 32.6 Å². The smallest absolute Gasteiger partial charge is 0.00217 e. The van der Waals surface area contributed by atoms with Gasteiger partial charge in [-0.2, -0.15) is 0 Å². The number of nitrogens with zero attached hydrogens (tertiary/aromatic N) is 1. The second-order valence-electron chi connectivity index (χ2n) is 4.25. The lowest BCUT2D eigenvalue weighted by Gasteiger charge is -2.14. The van der Waals surface area contributed by atoms with E-state index in [1.807, 2.05) is 0 Å². The van der Waals surface area contributed by atoms with Gasteiger partial charge in [0, 0.05) is 0 Å². The Hall–Kier alpha value is -0.820. The fraction of sp³-hybridized carbons (Fsp3) is 0.571. The van der Waals surface area contributed by atoms with Crippen LogP contribution in [0.2, 0.25) is 0 Å². The molecule has 0 N–H and O–H groups in total. The van der Waals surface area contributed by atoms with Gasteiger partial charge in [0.05, 0.1) is 0 Å². The average Bonchev–Trinajstić information content (AvgIpc) is 2.26. The SMILES string of the molecule is CCCN(C)CCCCc1ccccc1. The quantitative estimate of drug-likeness (QED) is 0.617. The predicted octanol–water partition coefficient (Wildman–Crippen LogP) is 3.35. The van der Waals surface area contributed by atoms with Crippen LogP contribution < -0.4 is 0 Å². The maximum atomic E-state index is 2.42. The van der Waals surface area contributed by atoms with Crippen molar-refractivity contribution < 1.29 is 0 Å². The molecule has 0 heterocycles. The maximum Gasteiger partial charge on any atom is -0.00217 e. The molecule has 0 fully saturated rings. The van der Waals surface area contributed by atoms with E-state index in [1.54, 1.807) is 0 Å². The predicted molar refractivity (Wildman–Crippen MR) is 67.2 cm³/mol. The molecule has 1 aromatic rings. The Kier molecular flexibility index (Phi) is 6.10. The molecule has 1 aromatic carbocycles. The summed E-state index contributed by atoms with van der Waals surface area (Å²) in [6.07, 6.45) is 5.10. The Morgan fingerprint density at radius 3 is 2.40 bits per heavy atom. The van der Waals surface area contributed by atoms with Crippen molar-refractivity contribution in [3.8, 4) is 0 Å². The highest BCUT2D eigenvalue weighted by molar-refractivity contribution is 5.14. The van der Waals surface area contributed by atoms with Gasteiger partial charge >= 0.3 is 0 Å². The molecule has 1 rings (SSSR count). The van der Waals surface area contributed by atoms with E-state index in [0.29, 0.717) is 0 Å². The Balaban J connectivity index is 2.07. The maximum absolute atomic E-state index is 2.42. The highest BCUT2D eigenvalue weighted by Crippen LogP contribution is 2.04. The van der Waals surface area contributed by atoms with Crippen LogP contribution in [0, 0.1) is 0 Å². The first-order valence-corrected chi connectivity index (χ1v) is 6.05. The molecular formula is C14H23N. The van der Waals surface area contributed by atoms with Crippen LogP contribution in [0.5, 0.6) is 0 Å². The third-order valence-corrected chi connectivity index (χ3v) is 2.70. The van der Waals surface area contributed by atoms with Crippen LogP contribution in [0.3, 0.4) is 0 Å². The third kappa shape index (κ3) is 5.58. The van der Waals surface area contributed by atoms with Crippen molar-refractivity contribution in [1.82, 2.24) is 4.90 Å². The normalized spacial score (nSPS) is 10.9. The number of unbranched alkanes of at least 4 members (excludes halogenated alkanes) is 1. The third-order valence-electron chi connectivity index (χ3n) is 2.70. The molecule has 1 nitrogen and oxygen atoms in total. The molecule has 0 unspecified atom stereocenters. The molecule has 0 saturated heterocycles. The van der Waals surface area contributed by atoms with Gasteiger partial charge in [0.1, 0.15) is 0 Å². The zero-order chi connectivity index (χ0) is 10.9. The first-order chi connectivity index (χ1) is 7.33. The summed E-state index contributed by atoms with van der Waals surface area (Å²) in [5.74, 6) is 0. The van der Waals surface area contributed by atoms with Gasteiger partial charge in [0.25, 0.3) is 0 Å². The fourth-order valence-electron chi connectivity index (χ4n) is 1.85. The van der Waals surface area contributed by atoms with E-state index in [2.05, 4.69) is 49.2 Å². The van der Waals surface area contributed by atoms with Crippen LogP contribution in [-0.2, 0) is 6.42 Å². The lowest BCUT2D eigenvalue weighted by atomic mass is 10.1. The van der Waals surface area contributed by atoms with Gasteiger partial charge in [0.15, 0.2) is 0 Å². The van der Waals surface area contributed by atoms with Crippen LogP contribution in [-0.4, -0.2) is 25.0 Å². The topological polar surface area (TPSA) is 3.24 Å². The zero-order valence-electron chi connectivity index (χ0n) is 10.1. The van der Waals surface area contributed by atoms with E-state index in [0.717, 1.165) is 0 Å². The Bertz CT molecular complexity index is 243. The minimum atomic E-state index is 1.22. The Morgan fingerprint density at radius 2 is 1.73 bits per heavy atom. The number of benzene rings is 1. The number of hydrogen-bond acceptors (Lipinski definition) is 1. The van der Waals surface area contributed by atoms with Gasteiger partial charge in [-0.3, -0.25) is 0 Å². The second-order valence-corrected chi connectivity index (χ2v) is 4.25. The fourth-order valence-corrected chi connectivity index (χ4v) is 1.85. The van der Waals surface area contributed by atoms with Crippen molar-refractivity contribution >= 4 is 0 Å². The lowest BCUT2D eigenvalue weighted by Crippen LogP contribution is -2.20. The number of rotatable bonds is 7. The van der Waals surface area contributed by atoms with Crippen LogP contribution in [0.25, 0.3) is 0 Å². The summed E-state index contributed by atoms with van der Waals surface area (Å²) in [6.45, 7) is 4.70. The van der Waals surface area contributed by atoms with Crippen LogP contribution >= 0.6 is 0 Å². The number of hydrogen-bond donors (Lipinski definition) is 0. The minimum absolute atomic E-state index is 1.22. The van der Waals surface area contributed by atoms with Gasteiger partial charge in [-0.05, 0) is 51.4 Å². The molecule has 0 aliphatic rings. The summed E-state index contributed by atoms with van der Waals surface area (Å²) in [7, 11) is 2.21. The molecule has 0 bridgehead atoms. The summed E-state index contributed by atoms with van der Waals surface area (Å²) in [5, 5.41) is 0. The molecule has 0 aliphatic heterocycles. The monoisotopic (exact) mass is 205 g/mol. The van der Waals surface area contributed by atoms with Crippen molar-refractivity contribution in [3.63, 3.8) is 0 Å². The zero-order valence-corrected chi connectivity index (χ0v) is 10.1. The average molecular weight is 205 g/mol. The van der Waals surface area contributed by atoms with E-state index in [4.69, 9.17) is 0 Å². The molecule has 15 heavy (non-hydrogen) atoms. The summed E-state index contributed by atoms with van der Waals surface area (Å²) in [4.78, 5) is 2.42. The highest BCUT2D eigenvalue weighted by Gasteiger charge is 1.96. The molecule has 0 atom stereocenters. The summed E-state index contributed by atoms with van der Waals surface area (Å²) in [6, 6.07) is 10.8. The van der Waals surface area contributed by atoms with E-state index in [9.17, 15) is 0 Å². The largest absolute Gasteiger partial charge is 0.306 e. The van der Waals surface area contributed by atoms with Crippen molar-refractivity contribution in [2.75, 3.05) is 20.1 Å². The molecule has 0 aromatic heterocycles. The standard InChI is InChI=1S/C14H23N/c1-3-12-15(2)13-8-7-11-14-9-5-4-6-10-14/h4-6,9-10H,3,7-8,11-13H2,1-2H3. The molecule has 1 heteroatoms. The van der Waals surface area contributed by atoms with Crippen LogP contribution in [0.4, 0.5) is 0 Å². The molecule has 0 spiro atoms. The lowest BCUT2D eigenvalue weighted by molar-refractivity contribution is 0.326. The van der Waals surface area contributed by atoms with Gasteiger partial charge in [-0.15, -0.1) is 0 Å². The van der Waals surface area contributed by atoms with Crippen molar-refractivity contribution in [3.05, 3.63) is 35.9 Å². The summed E-state index contributed by atoms with van der Waals surface area (Å²) >= 11 is 0. The number of aryl methyl sites for hydroxylation is 1. The van der Waals surface area contributed by atoms with Crippen LogP contribution in [0.1, 0.15) is 31.7 Å². The Labute approximate surface area is 94.1 Å². The van der Waals surface area contributed by atoms with Gasteiger partial charge in [-0.1, -0.05) is 37.3 Å². The van der Waals surface area contributed by atoms with Gasteiger partial charge < -0.3 is 4.90 Å². The molecular weight excluding hydrogens is 182 g/mol. The first kappa shape index (κ1) is 12.3.